The van der Waals surface area contributed by atoms with E-state index in [4.69, 9.17) is 4.74 Å². The van der Waals surface area contributed by atoms with Gasteiger partial charge in [-0.2, -0.15) is 0 Å². The van der Waals surface area contributed by atoms with Crippen LogP contribution in [0.5, 0.6) is 0 Å². The quantitative estimate of drug-likeness (QED) is 0.413. The summed E-state index contributed by atoms with van der Waals surface area (Å²) in [6.07, 6.45) is 2.12. The highest BCUT2D eigenvalue weighted by Gasteiger charge is 2.78. The van der Waals surface area contributed by atoms with Gasteiger partial charge in [0.25, 0.3) is 0 Å². The number of aliphatic hydroxyl groups is 1. The van der Waals surface area contributed by atoms with Crippen molar-refractivity contribution in [3.8, 4) is 0 Å². The summed E-state index contributed by atoms with van der Waals surface area (Å²) < 4.78 is 6.77. The molecule has 3 heterocycles. The van der Waals surface area contributed by atoms with E-state index in [-0.39, 0.29) is 29.7 Å². The standard InChI is InChI=1S/C34H45N3O5/c1-31(2,3)21-32(4,5)36-29(40)27-34-18-17-33(6,42-34)25(28(39)35-23-15-11-8-12-16-23)26(34)30(41)37(27)24(20-38)19-22-13-9-7-10-14-22/h7-16,24-27,38H,17-21H2,1-6H3,(H,35,39)(H,36,40)/t24-,25+,26+,27?,33-,34?/m1/s1. The van der Waals surface area contributed by atoms with Crippen LogP contribution in [0, 0.1) is 17.3 Å². The van der Waals surface area contributed by atoms with E-state index in [0.29, 0.717) is 24.9 Å². The molecule has 2 bridgehead atoms. The Morgan fingerprint density at radius 3 is 2.21 bits per heavy atom. The van der Waals surface area contributed by atoms with Crippen molar-refractivity contribution in [3.05, 3.63) is 66.2 Å². The maximum Gasteiger partial charge on any atom is 0.246 e. The highest BCUT2D eigenvalue weighted by molar-refractivity contribution is 6.02. The summed E-state index contributed by atoms with van der Waals surface area (Å²) >= 11 is 0. The summed E-state index contributed by atoms with van der Waals surface area (Å²) in [6, 6.07) is 17.2. The molecule has 8 nitrogen and oxygen atoms in total. The fraction of sp³-hybridized carbons (Fsp3) is 0.559. The van der Waals surface area contributed by atoms with Gasteiger partial charge in [-0.3, -0.25) is 14.4 Å². The molecule has 0 saturated carbocycles. The third-order valence-corrected chi connectivity index (χ3v) is 9.14. The number of ether oxygens (including phenoxy) is 1. The van der Waals surface area contributed by atoms with Crippen LogP contribution >= 0.6 is 0 Å². The molecule has 2 aromatic carbocycles. The normalized spacial score (nSPS) is 29.4. The van der Waals surface area contributed by atoms with Gasteiger partial charge in [-0.05, 0) is 69.6 Å². The maximum atomic E-state index is 14.6. The summed E-state index contributed by atoms with van der Waals surface area (Å²) in [6.45, 7) is 11.9. The van der Waals surface area contributed by atoms with E-state index in [2.05, 4.69) is 31.4 Å². The molecule has 3 saturated heterocycles. The lowest BCUT2D eigenvalue weighted by Crippen LogP contribution is -2.61. The van der Waals surface area contributed by atoms with E-state index in [1.807, 2.05) is 81.4 Å². The van der Waals surface area contributed by atoms with Crippen molar-refractivity contribution in [2.24, 2.45) is 17.3 Å². The minimum Gasteiger partial charge on any atom is -0.394 e. The van der Waals surface area contributed by atoms with Crippen LogP contribution in [0.2, 0.25) is 0 Å². The van der Waals surface area contributed by atoms with Gasteiger partial charge in [0, 0.05) is 11.2 Å². The number of carbonyl (C=O) groups excluding carboxylic acids is 3. The highest BCUT2D eigenvalue weighted by atomic mass is 16.5. The fourth-order valence-corrected chi connectivity index (χ4v) is 8.11. The van der Waals surface area contributed by atoms with Gasteiger partial charge in [-0.15, -0.1) is 0 Å². The van der Waals surface area contributed by atoms with Crippen molar-refractivity contribution in [1.82, 2.24) is 10.2 Å². The monoisotopic (exact) mass is 575 g/mol. The second-order valence-electron chi connectivity index (χ2n) is 14.5. The van der Waals surface area contributed by atoms with Crippen molar-refractivity contribution in [2.75, 3.05) is 11.9 Å². The summed E-state index contributed by atoms with van der Waals surface area (Å²) in [5.74, 6) is -2.53. The van der Waals surface area contributed by atoms with Crippen LogP contribution in [0.4, 0.5) is 5.69 Å². The van der Waals surface area contributed by atoms with Crippen molar-refractivity contribution in [3.63, 3.8) is 0 Å². The number of likely N-dealkylation sites (tertiary alicyclic amines) is 1. The highest BCUT2D eigenvalue weighted by Crippen LogP contribution is 2.63. The predicted octanol–water partition coefficient (Wildman–Crippen LogP) is 4.32. The molecule has 6 atom stereocenters. The lowest BCUT2D eigenvalue weighted by Gasteiger charge is -2.40. The molecule has 226 valence electrons. The summed E-state index contributed by atoms with van der Waals surface area (Å²) in [7, 11) is 0. The summed E-state index contributed by atoms with van der Waals surface area (Å²) in [5.41, 5.74) is -1.07. The van der Waals surface area contributed by atoms with E-state index >= 15 is 0 Å². The zero-order chi connectivity index (χ0) is 30.5. The van der Waals surface area contributed by atoms with Crippen LogP contribution < -0.4 is 10.6 Å². The molecule has 3 fully saturated rings. The van der Waals surface area contributed by atoms with Gasteiger partial charge in [0.15, 0.2) is 0 Å². The third kappa shape index (κ3) is 5.47. The molecule has 3 aliphatic heterocycles. The molecular weight excluding hydrogens is 530 g/mol. The molecule has 3 amide bonds. The number of nitrogens with zero attached hydrogens (tertiary/aromatic N) is 1. The number of hydrogen-bond acceptors (Lipinski definition) is 5. The van der Waals surface area contributed by atoms with E-state index in [1.54, 1.807) is 4.90 Å². The number of para-hydroxylation sites is 1. The van der Waals surface area contributed by atoms with Gasteiger partial charge in [0.2, 0.25) is 17.7 Å². The van der Waals surface area contributed by atoms with E-state index in [0.717, 1.165) is 12.0 Å². The van der Waals surface area contributed by atoms with Crippen molar-refractivity contribution >= 4 is 23.4 Å². The van der Waals surface area contributed by atoms with Gasteiger partial charge >= 0.3 is 0 Å². The van der Waals surface area contributed by atoms with E-state index < -0.39 is 40.7 Å². The molecule has 8 heteroatoms. The number of rotatable bonds is 9. The van der Waals surface area contributed by atoms with Gasteiger partial charge in [-0.1, -0.05) is 69.3 Å². The number of benzene rings is 2. The Balaban J connectivity index is 1.54. The van der Waals surface area contributed by atoms with E-state index in [9.17, 15) is 19.5 Å². The van der Waals surface area contributed by atoms with Gasteiger partial charge in [-0.25, -0.2) is 0 Å². The van der Waals surface area contributed by atoms with Crippen molar-refractivity contribution in [1.29, 1.82) is 0 Å². The van der Waals surface area contributed by atoms with Crippen LogP contribution in [0.1, 0.15) is 66.4 Å². The largest absolute Gasteiger partial charge is 0.394 e. The first-order valence-corrected chi connectivity index (χ1v) is 15.0. The summed E-state index contributed by atoms with van der Waals surface area (Å²) in [4.78, 5) is 44.4. The van der Waals surface area contributed by atoms with E-state index in [1.165, 1.54) is 0 Å². The van der Waals surface area contributed by atoms with Gasteiger partial charge < -0.3 is 25.4 Å². The Morgan fingerprint density at radius 1 is 1.00 bits per heavy atom. The minimum atomic E-state index is -1.17. The van der Waals surface area contributed by atoms with Crippen LogP contribution in [0.3, 0.4) is 0 Å². The lowest BCUT2D eigenvalue weighted by molar-refractivity contribution is -0.149. The zero-order valence-corrected chi connectivity index (χ0v) is 25.6. The minimum absolute atomic E-state index is 0.0415. The molecule has 42 heavy (non-hydrogen) atoms. The molecule has 3 N–H and O–H groups in total. The number of carbonyl (C=O) groups is 3. The molecular formula is C34H45N3O5. The van der Waals surface area contributed by atoms with Crippen LogP contribution in [-0.4, -0.2) is 63.2 Å². The number of fused-ring (bicyclic) bond motifs is 1. The first-order chi connectivity index (χ1) is 19.7. The Morgan fingerprint density at radius 2 is 1.62 bits per heavy atom. The molecule has 0 aromatic heterocycles. The van der Waals surface area contributed by atoms with Crippen LogP contribution in [0.15, 0.2) is 60.7 Å². The second kappa shape index (κ2) is 10.8. The van der Waals surface area contributed by atoms with Crippen LogP contribution in [0.25, 0.3) is 0 Å². The van der Waals surface area contributed by atoms with Crippen molar-refractivity contribution in [2.45, 2.75) is 96.1 Å². The first kappa shape index (κ1) is 30.2. The molecule has 0 radical (unpaired) electrons. The Kier molecular flexibility index (Phi) is 7.77. The molecule has 0 aliphatic carbocycles. The molecule has 5 rings (SSSR count). The summed E-state index contributed by atoms with van der Waals surface area (Å²) in [5, 5.41) is 16.9. The smallest absolute Gasteiger partial charge is 0.246 e. The third-order valence-electron chi connectivity index (χ3n) is 9.14. The number of anilines is 1. The van der Waals surface area contributed by atoms with Gasteiger partial charge in [0.05, 0.1) is 30.1 Å². The van der Waals surface area contributed by atoms with Crippen molar-refractivity contribution < 1.29 is 24.2 Å². The predicted molar refractivity (Wildman–Crippen MR) is 161 cm³/mol. The number of nitrogens with one attached hydrogen (secondary N) is 2. The Bertz CT molecular complexity index is 1320. The fourth-order valence-electron chi connectivity index (χ4n) is 8.11. The SMILES string of the molecule is CC(C)(C)CC(C)(C)NC(=O)C1N([C@@H](CO)Cc2ccccc2)C(=O)[C@@H]2[C@@H](C(=O)Nc3ccccc3)[C@@]3(C)CCC12O3. The average molecular weight is 576 g/mol. The first-order valence-electron chi connectivity index (χ1n) is 15.0. The number of amides is 3. The molecule has 2 unspecified atom stereocenters. The topological polar surface area (TPSA) is 108 Å². The zero-order valence-electron chi connectivity index (χ0n) is 25.6. The molecule has 1 spiro atoms. The molecule has 2 aromatic rings. The maximum absolute atomic E-state index is 14.6. The average Bonchev–Trinajstić information content (AvgIpc) is 3.47. The number of aliphatic hydroxyl groups excluding tert-OH is 1. The Labute approximate surface area is 249 Å². The van der Waals surface area contributed by atoms with Gasteiger partial charge in [0.1, 0.15) is 11.6 Å². The van der Waals surface area contributed by atoms with Crippen LogP contribution in [-0.2, 0) is 25.5 Å². The number of hydrogen-bond donors (Lipinski definition) is 3. The molecule has 3 aliphatic rings. The lowest BCUT2D eigenvalue weighted by atomic mass is 9.66. The Hall–Kier alpha value is -3.23. The second-order valence-corrected chi connectivity index (χ2v) is 14.5.